The van der Waals surface area contributed by atoms with Crippen LogP contribution in [0.15, 0.2) is 97.1 Å². The third kappa shape index (κ3) is 7.29. The van der Waals surface area contributed by atoms with Crippen molar-refractivity contribution in [1.82, 2.24) is 0 Å². The quantitative estimate of drug-likeness (QED) is 0.173. The SMILES string of the molecule is CC(C)(C)c1cc(C(C)(C)C)c(C(C)(C)C)c(-c2ccc(N(c3ccc(C4CCCCC4)cc3)c3ccc4c(c3)C(C)(C)c3ccccc3-4)cc2)c1C(C)(C)C. The van der Waals surface area contributed by atoms with E-state index >= 15 is 0 Å². The second-order valence-corrected chi connectivity index (χ2v) is 21.8. The highest BCUT2D eigenvalue weighted by Crippen LogP contribution is 2.52. The molecular weight excluding hydrogens is 675 g/mol. The van der Waals surface area contributed by atoms with Crippen molar-refractivity contribution in [3.63, 3.8) is 0 Å². The summed E-state index contributed by atoms with van der Waals surface area (Å²) < 4.78 is 0. The van der Waals surface area contributed by atoms with E-state index in [0.717, 1.165) is 0 Å². The summed E-state index contributed by atoms with van der Waals surface area (Å²) >= 11 is 0. The Morgan fingerprint density at radius 1 is 0.482 bits per heavy atom. The molecule has 0 atom stereocenters. The predicted octanol–water partition coefficient (Wildman–Crippen LogP) is 16.4. The third-order valence-corrected chi connectivity index (χ3v) is 12.9. The number of rotatable bonds is 5. The molecule has 0 amide bonds. The average molecular weight is 744 g/mol. The normalized spacial score (nSPS) is 16.1. The van der Waals surface area contributed by atoms with Crippen LogP contribution in [0.5, 0.6) is 0 Å². The summed E-state index contributed by atoms with van der Waals surface area (Å²) in [7, 11) is 0. The molecule has 0 heterocycles. The molecule has 0 bridgehead atoms. The third-order valence-electron chi connectivity index (χ3n) is 12.9. The lowest BCUT2D eigenvalue weighted by atomic mass is 9.64. The van der Waals surface area contributed by atoms with Gasteiger partial charge in [-0.1, -0.05) is 177 Å². The van der Waals surface area contributed by atoms with Crippen LogP contribution in [0.2, 0.25) is 0 Å². The predicted molar refractivity (Wildman–Crippen MR) is 245 cm³/mol. The van der Waals surface area contributed by atoms with Crippen molar-refractivity contribution in [1.29, 1.82) is 0 Å². The minimum absolute atomic E-state index is 0.00465. The minimum Gasteiger partial charge on any atom is -0.310 e. The lowest BCUT2D eigenvalue weighted by Crippen LogP contribution is -2.30. The van der Waals surface area contributed by atoms with E-state index in [-0.39, 0.29) is 27.1 Å². The second kappa shape index (κ2) is 14.1. The highest BCUT2D eigenvalue weighted by molar-refractivity contribution is 5.86. The summed E-state index contributed by atoms with van der Waals surface area (Å²) in [6, 6.07) is 37.9. The van der Waals surface area contributed by atoms with Gasteiger partial charge >= 0.3 is 0 Å². The molecule has 7 rings (SSSR count). The smallest absolute Gasteiger partial charge is 0.0465 e. The van der Waals surface area contributed by atoms with Gasteiger partial charge in [0.05, 0.1) is 0 Å². The van der Waals surface area contributed by atoms with Gasteiger partial charge in [0.25, 0.3) is 0 Å². The van der Waals surface area contributed by atoms with Crippen molar-refractivity contribution >= 4 is 17.1 Å². The van der Waals surface area contributed by atoms with Crippen molar-refractivity contribution in [2.75, 3.05) is 4.90 Å². The van der Waals surface area contributed by atoms with E-state index in [1.165, 1.54) is 110 Å². The number of fused-ring (bicyclic) bond motifs is 3. The van der Waals surface area contributed by atoms with Crippen LogP contribution in [-0.2, 0) is 27.1 Å². The van der Waals surface area contributed by atoms with Crippen molar-refractivity contribution in [2.45, 2.75) is 162 Å². The van der Waals surface area contributed by atoms with Crippen LogP contribution in [0.3, 0.4) is 0 Å². The molecule has 0 N–H and O–H groups in total. The van der Waals surface area contributed by atoms with Gasteiger partial charge in [0.2, 0.25) is 0 Å². The molecule has 56 heavy (non-hydrogen) atoms. The van der Waals surface area contributed by atoms with Crippen LogP contribution in [0.25, 0.3) is 22.3 Å². The summed E-state index contributed by atoms with van der Waals surface area (Å²) in [5.74, 6) is 0.681. The summed E-state index contributed by atoms with van der Waals surface area (Å²) in [6.45, 7) is 33.6. The van der Waals surface area contributed by atoms with Crippen molar-refractivity contribution < 1.29 is 0 Å². The van der Waals surface area contributed by atoms with E-state index in [2.05, 4.69) is 199 Å². The number of nitrogens with zero attached hydrogens (tertiary/aromatic N) is 1. The first-order valence-electron chi connectivity index (χ1n) is 21.6. The van der Waals surface area contributed by atoms with Gasteiger partial charge in [0.1, 0.15) is 0 Å². The van der Waals surface area contributed by atoms with Crippen LogP contribution >= 0.6 is 0 Å². The molecule has 5 aromatic carbocycles. The first-order valence-corrected chi connectivity index (χ1v) is 21.6. The van der Waals surface area contributed by atoms with Crippen molar-refractivity contribution in [3.8, 4) is 22.3 Å². The maximum absolute atomic E-state index is 2.57. The maximum Gasteiger partial charge on any atom is 0.0465 e. The van der Waals surface area contributed by atoms with Gasteiger partial charge in [-0.15, -0.1) is 0 Å². The molecule has 0 aliphatic heterocycles. The van der Waals surface area contributed by atoms with E-state index in [9.17, 15) is 0 Å². The van der Waals surface area contributed by atoms with Gasteiger partial charge in [-0.05, 0) is 138 Å². The number of anilines is 3. The molecule has 5 aromatic rings. The zero-order valence-electron chi connectivity index (χ0n) is 37.3. The lowest BCUT2D eigenvalue weighted by Gasteiger charge is -2.40. The van der Waals surface area contributed by atoms with Gasteiger partial charge < -0.3 is 4.90 Å². The van der Waals surface area contributed by atoms with Crippen LogP contribution in [0.4, 0.5) is 17.1 Å². The minimum atomic E-state index is -0.0716. The maximum atomic E-state index is 2.57. The molecule has 1 nitrogen and oxygen atoms in total. The molecule has 2 aliphatic carbocycles. The fourth-order valence-electron chi connectivity index (χ4n) is 10.1. The Kier molecular flexibility index (Phi) is 10.1. The Bertz CT molecular complexity index is 2160. The zero-order valence-corrected chi connectivity index (χ0v) is 37.3. The van der Waals surface area contributed by atoms with Crippen LogP contribution in [0, 0.1) is 0 Å². The molecule has 0 spiro atoms. The number of hydrogen-bond acceptors (Lipinski definition) is 1. The van der Waals surface area contributed by atoms with Crippen LogP contribution in [0.1, 0.15) is 174 Å². The zero-order chi connectivity index (χ0) is 40.6. The highest BCUT2D eigenvalue weighted by Gasteiger charge is 2.38. The molecular formula is C55H69N. The Morgan fingerprint density at radius 2 is 0.964 bits per heavy atom. The Morgan fingerprint density at radius 3 is 1.48 bits per heavy atom. The fraction of sp³-hybridized carbons (Fsp3) is 0.455. The van der Waals surface area contributed by atoms with Gasteiger partial charge in [-0.25, -0.2) is 0 Å². The van der Waals surface area contributed by atoms with E-state index in [4.69, 9.17) is 0 Å². The van der Waals surface area contributed by atoms with Gasteiger partial charge in [0, 0.05) is 22.5 Å². The molecule has 0 unspecified atom stereocenters. The Balaban J connectivity index is 1.43. The summed E-state index contributed by atoms with van der Waals surface area (Å²) in [5, 5.41) is 0. The summed E-state index contributed by atoms with van der Waals surface area (Å²) in [4.78, 5) is 2.50. The summed E-state index contributed by atoms with van der Waals surface area (Å²) in [6.07, 6.45) is 6.70. The molecule has 294 valence electrons. The van der Waals surface area contributed by atoms with Crippen molar-refractivity contribution in [2.24, 2.45) is 0 Å². The second-order valence-electron chi connectivity index (χ2n) is 21.8. The average Bonchev–Trinajstić information content (AvgIpc) is 3.36. The molecule has 1 heteroatoms. The molecule has 0 radical (unpaired) electrons. The molecule has 0 saturated heterocycles. The highest BCUT2D eigenvalue weighted by atomic mass is 15.1. The van der Waals surface area contributed by atoms with E-state index in [0.29, 0.717) is 5.92 Å². The van der Waals surface area contributed by atoms with Crippen molar-refractivity contribution in [3.05, 3.63) is 136 Å². The fourth-order valence-corrected chi connectivity index (χ4v) is 10.1. The lowest BCUT2D eigenvalue weighted by molar-refractivity contribution is 0.443. The van der Waals surface area contributed by atoms with E-state index < -0.39 is 0 Å². The van der Waals surface area contributed by atoms with E-state index in [1.54, 1.807) is 0 Å². The largest absolute Gasteiger partial charge is 0.310 e. The number of benzene rings is 5. The topological polar surface area (TPSA) is 3.24 Å². The molecule has 2 aliphatic rings. The standard InChI is InChI=1S/C55H69N/c1-51(2,3)46-35-47(52(4,5)6)50(54(10,11)12)48(49(46)53(7,8)9)38-26-30-40(31-27-38)56(39-28-24-37(25-29-39)36-20-16-15-17-21-36)41-32-33-43-42-22-18-19-23-44(42)55(13,14)45(43)34-41/h18-19,22-36H,15-17,20-21H2,1-14H3. The summed E-state index contributed by atoms with van der Waals surface area (Å²) in [5.41, 5.74) is 19.1. The van der Waals surface area contributed by atoms with Crippen LogP contribution in [-0.4, -0.2) is 0 Å². The Labute approximate surface area is 341 Å². The number of hydrogen-bond donors (Lipinski definition) is 0. The van der Waals surface area contributed by atoms with Gasteiger partial charge in [0.15, 0.2) is 0 Å². The van der Waals surface area contributed by atoms with E-state index in [1.807, 2.05) is 0 Å². The molecule has 0 aromatic heterocycles. The van der Waals surface area contributed by atoms with Gasteiger partial charge in [-0.2, -0.15) is 0 Å². The molecule has 1 fully saturated rings. The monoisotopic (exact) mass is 744 g/mol. The van der Waals surface area contributed by atoms with Gasteiger partial charge in [-0.3, -0.25) is 0 Å². The first-order chi connectivity index (χ1) is 26.1. The molecule has 1 saturated carbocycles. The first kappa shape index (κ1) is 40.1. The van der Waals surface area contributed by atoms with Crippen LogP contribution < -0.4 is 4.90 Å². The Hall–Kier alpha value is -4.10.